The van der Waals surface area contributed by atoms with Crippen LogP contribution in [0.1, 0.15) is 33.4 Å². The topological polar surface area (TPSA) is 105 Å². The van der Waals surface area contributed by atoms with Gasteiger partial charge in [0, 0.05) is 11.1 Å². The van der Waals surface area contributed by atoms with Gasteiger partial charge in [-0.3, -0.25) is 9.52 Å². The lowest BCUT2D eigenvalue weighted by molar-refractivity contribution is 0.0959. The summed E-state index contributed by atoms with van der Waals surface area (Å²) in [5, 5.41) is 9.78. The molecule has 0 radical (unpaired) electrons. The van der Waals surface area contributed by atoms with Crippen molar-refractivity contribution in [2.24, 2.45) is 5.10 Å². The Balaban J connectivity index is 1.28. The van der Waals surface area contributed by atoms with Gasteiger partial charge in [0.25, 0.3) is 15.9 Å². The molecular weight excluding hydrogens is 518 g/mol. The highest BCUT2D eigenvalue weighted by Gasteiger charge is 2.17. The maximum absolute atomic E-state index is 12.9. The van der Waals surface area contributed by atoms with Gasteiger partial charge in [0.05, 0.1) is 26.9 Å². The van der Waals surface area contributed by atoms with Crippen LogP contribution in [0.25, 0.3) is 15.9 Å². The molecule has 0 saturated heterocycles. The number of thiophene rings is 1. The molecule has 1 amide bonds. The molecule has 0 fully saturated rings. The number of para-hydroxylation sites is 1. The number of amides is 1. The minimum atomic E-state index is -3.69. The fourth-order valence-corrected chi connectivity index (χ4v) is 6.00. The summed E-state index contributed by atoms with van der Waals surface area (Å²) in [5.74, 6) is -0.313. The predicted molar refractivity (Wildman–Crippen MR) is 152 cm³/mol. The molecule has 8 nitrogen and oxygen atoms in total. The maximum atomic E-state index is 12.9. The summed E-state index contributed by atoms with van der Waals surface area (Å²) in [7, 11) is -3.69. The molecule has 2 heterocycles. The molecule has 0 aliphatic carbocycles. The number of carbonyl (C=O) groups excluding carboxylic acids is 1. The first-order valence-corrected chi connectivity index (χ1v) is 14.1. The van der Waals surface area contributed by atoms with Crippen LogP contribution in [0.2, 0.25) is 0 Å². The first kappa shape index (κ1) is 25.4. The van der Waals surface area contributed by atoms with Crippen molar-refractivity contribution >= 4 is 48.9 Å². The van der Waals surface area contributed by atoms with E-state index in [0.29, 0.717) is 16.3 Å². The van der Waals surface area contributed by atoms with Gasteiger partial charge in [-0.2, -0.15) is 10.2 Å². The highest BCUT2D eigenvalue weighted by Crippen LogP contribution is 2.30. The van der Waals surface area contributed by atoms with E-state index >= 15 is 0 Å². The Morgan fingerprint density at radius 1 is 0.947 bits per heavy atom. The van der Waals surface area contributed by atoms with Gasteiger partial charge >= 0.3 is 0 Å². The summed E-state index contributed by atoms with van der Waals surface area (Å²) in [4.78, 5) is 14.5. The lowest BCUT2D eigenvalue weighted by atomic mass is 10.1. The van der Waals surface area contributed by atoms with Crippen molar-refractivity contribution in [3.05, 3.63) is 107 Å². The van der Waals surface area contributed by atoms with Gasteiger partial charge < -0.3 is 0 Å². The van der Waals surface area contributed by atoms with Crippen LogP contribution in [0.15, 0.2) is 94.9 Å². The number of aromatic nitrogens is 2. The normalized spacial score (nSPS) is 12.0. The van der Waals surface area contributed by atoms with Crippen molar-refractivity contribution in [2.45, 2.75) is 25.7 Å². The van der Waals surface area contributed by atoms with Gasteiger partial charge in [0.15, 0.2) is 0 Å². The average molecular weight is 544 g/mol. The third kappa shape index (κ3) is 5.22. The molecule has 5 rings (SSSR count). The summed E-state index contributed by atoms with van der Waals surface area (Å²) in [6, 6.07) is 25.1. The molecule has 3 aromatic carbocycles. The molecule has 5 aromatic rings. The van der Waals surface area contributed by atoms with Gasteiger partial charge in [-0.05, 0) is 68.8 Å². The number of nitrogens with one attached hydrogen (secondary N) is 2. The van der Waals surface area contributed by atoms with Crippen molar-refractivity contribution in [3.8, 4) is 5.69 Å². The van der Waals surface area contributed by atoms with Gasteiger partial charge in [0.1, 0.15) is 4.83 Å². The number of hydrogen-bond acceptors (Lipinski definition) is 6. The average Bonchev–Trinajstić information content (AvgIpc) is 3.48. The van der Waals surface area contributed by atoms with E-state index in [1.54, 1.807) is 55.5 Å². The van der Waals surface area contributed by atoms with Crippen molar-refractivity contribution in [1.82, 2.24) is 15.2 Å². The minimum absolute atomic E-state index is 0.195. The third-order valence-electron chi connectivity index (χ3n) is 5.98. The van der Waals surface area contributed by atoms with Crippen molar-refractivity contribution in [1.29, 1.82) is 0 Å². The third-order valence-corrected chi connectivity index (χ3v) is 8.49. The number of rotatable bonds is 7. The van der Waals surface area contributed by atoms with E-state index in [1.165, 1.54) is 11.3 Å². The minimum Gasteiger partial charge on any atom is -0.280 e. The Kier molecular flexibility index (Phi) is 6.83. The highest BCUT2D eigenvalue weighted by molar-refractivity contribution is 7.92. The highest BCUT2D eigenvalue weighted by atomic mass is 32.2. The zero-order valence-corrected chi connectivity index (χ0v) is 22.6. The SMILES string of the molecule is C/C(=N\NC(=O)c1cc2c(C)nn(-c3ccccc3)c2s1)c1ccc(NS(=O)(=O)c2ccc(C)cc2)cc1. The van der Waals surface area contributed by atoms with Crippen LogP contribution >= 0.6 is 11.3 Å². The van der Waals surface area contributed by atoms with Crippen LogP contribution in [0.3, 0.4) is 0 Å². The van der Waals surface area contributed by atoms with Gasteiger partial charge in [-0.1, -0.05) is 48.0 Å². The second-order valence-electron chi connectivity index (χ2n) is 8.80. The number of hydrogen-bond donors (Lipinski definition) is 2. The molecule has 0 unspecified atom stereocenters. The number of hydrazone groups is 1. The van der Waals surface area contributed by atoms with E-state index in [-0.39, 0.29) is 10.8 Å². The predicted octanol–water partition coefficient (Wildman–Crippen LogP) is 5.66. The molecule has 10 heteroatoms. The lowest BCUT2D eigenvalue weighted by Gasteiger charge is -2.09. The monoisotopic (exact) mass is 543 g/mol. The van der Waals surface area contributed by atoms with Gasteiger partial charge in [-0.15, -0.1) is 11.3 Å². The summed E-state index contributed by atoms with van der Waals surface area (Å²) < 4.78 is 29.7. The number of nitrogens with zero attached hydrogens (tertiary/aromatic N) is 3. The Morgan fingerprint density at radius 2 is 1.63 bits per heavy atom. The zero-order chi connectivity index (χ0) is 26.9. The van der Waals surface area contributed by atoms with Crippen LogP contribution in [0, 0.1) is 13.8 Å². The van der Waals surface area contributed by atoms with E-state index in [0.717, 1.165) is 32.7 Å². The summed E-state index contributed by atoms with van der Waals surface area (Å²) in [6.07, 6.45) is 0. The number of aryl methyl sites for hydroxylation is 2. The van der Waals surface area contributed by atoms with Crippen molar-refractivity contribution in [2.75, 3.05) is 4.72 Å². The van der Waals surface area contributed by atoms with E-state index in [1.807, 2.05) is 54.9 Å². The lowest BCUT2D eigenvalue weighted by Crippen LogP contribution is -2.18. The zero-order valence-electron chi connectivity index (χ0n) is 21.0. The Labute approximate surface area is 224 Å². The molecule has 2 aromatic heterocycles. The molecule has 0 bridgehead atoms. The molecule has 2 N–H and O–H groups in total. The number of carbonyl (C=O) groups is 1. The smallest absolute Gasteiger partial charge is 0.280 e. The first-order chi connectivity index (χ1) is 18.2. The Morgan fingerprint density at radius 3 is 2.32 bits per heavy atom. The van der Waals surface area contributed by atoms with Crippen LogP contribution in [-0.4, -0.2) is 29.8 Å². The second kappa shape index (κ2) is 10.2. The molecule has 38 heavy (non-hydrogen) atoms. The summed E-state index contributed by atoms with van der Waals surface area (Å²) in [5.41, 5.74) is 7.14. The van der Waals surface area contributed by atoms with Crippen molar-refractivity contribution < 1.29 is 13.2 Å². The number of sulfonamides is 1. The van der Waals surface area contributed by atoms with Gasteiger partial charge in [-0.25, -0.2) is 18.5 Å². The number of anilines is 1. The van der Waals surface area contributed by atoms with E-state index in [2.05, 4.69) is 20.3 Å². The quantitative estimate of drug-likeness (QED) is 0.204. The number of benzene rings is 3. The molecule has 0 spiro atoms. The van der Waals surface area contributed by atoms with Crippen LogP contribution in [0.4, 0.5) is 5.69 Å². The molecule has 0 aliphatic rings. The Bertz CT molecular complexity index is 1750. The van der Waals surface area contributed by atoms with Crippen LogP contribution < -0.4 is 10.1 Å². The Hall–Kier alpha value is -4.28. The largest absolute Gasteiger partial charge is 0.281 e. The molecule has 0 aliphatic heterocycles. The molecule has 0 saturated carbocycles. The standard InChI is InChI=1S/C28H25N5O3S2/c1-18-9-15-24(16-10-18)38(35,36)32-22-13-11-21(12-14-22)19(2)29-30-27(34)26-17-25-20(3)31-33(28(25)37-26)23-7-5-4-6-8-23/h4-17,32H,1-3H3,(H,30,34)/b29-19+. The fourth-order valence-electron chi connectivity index (χ4n) is 3.87. The van der Waals surface area contributed by atoms with E-state index in [4.69, 9.17) is 0 Å². The first-order valence-electron chi connectivity index (χ1n) is 11.8. The number of fused-ring (bicyclic) bond motifs is 1. The van der Waals surface area contributed by atoms with E-state index in [9.17, 15) is 13.2 Å². The van der Waals surface area contributed by atoms with Crippen molar-refractivity contribution in [3.63, 3.8) is 0 Å². The molecule has 192 valence electrons. The van der Waals surface area contributed by atoms with E-state index < -0.39 is 10.0 Å². The fraction of sp³-hybridized carbons (Fsp3) is 0.107. The van der Waals surface area contributed by atoms with Crippen LogP contribution in [-0.2, 0) is 10.0 Å². The molecule has 0 atom stereocenters. The second-order valence-corrected chi connectivity index (χ2v) is 11.5. The summed E-state index contributed by atoms with van der Waals surface area (Å²) in [6.45, 7) is 5.59. The van der Waals surface area contributed by atoms with Gasteiger partial charge in [0.2, 0.25) is 0 Å². The molecular formula is C28H25N5O3S2. The van der Waals surface area contributed by atoms with Crippen LogP contribution in [0.5, 0.6) is 0 Å². The summed E-state index contributed by atoms with van der Waals surface area (Å²) >= 11 is 1.36. The maximum Gasteiger partial charge on any atom is 0.281 e.